The van der Waals surface area contributed by atoms with Crippen molar-refractivity contribution in [3.05, 3.63) is 118 Å². The lowest BCUT2D eigenvalue weighted by Crippen LogP contribution is -2.28. The molecule has 39 heavy (non-hydrogen) atoms. The number of methoxy groups -OCH3 is 1. The summed E-state index contributed by atoms with van der Waals surface area (Å²) >= 11 is 4.66. The summed E-state index contributed by atoms with van der Waals surface area (Å²) in [6.07, 6.45) is 1.71. The molecule has 1 aliphatic heterocycles. The van der Waals surface area contributed by atoms with Crippen LogP contribution in [0.25, 0.3) is 6.08 Å². The number of aliphatic imine (C=N–C) groups is 1. The van der Waals surface area contributed by atoms with E-state index in [1.54, 1.807) is 41.3 Å². The van der Waals surface area contributed by atoms with E-state index in [1.165, 1.54) is 31.0 Å². The van der Waals surface area contributed by atoms with Crippen LogP contribution in [0.15, 0.2) is 122 Å². The van der Waals surface area contributed by atoms with Crippen molar-refractivity contribution >= 4 is 66.3 Å². The molecule has 0 bridgehead atoms. The maximum absolute atomic E-state index is 13.6. The minimum Gasteiger partial charge on any atom is -0.493 e. The van der Waals surface area contributed by atoms with Gasteiger partial charge < -0.3 is 8.92 Å². The number of rotatable bonds is 7. The molecule has 0 radical (unpaired) electrons. The van der Waals surface area contributed by atoms with E-state index in [-0.39, 0.29) is 22.3 Å². The highest BCUT2D eigenvalue weighted by Crippen LogP contribution is 2.41. The molecule has 1 saturated heterocycles. The lowest BCUT2D eigenvalue weighted by atomic mass is 10.2. The number of benzene rings is 4. The van der Waals surface area contributed by atoms with Gasteiger partial charge in [0.05, 0.1) is 27.9 Å². The molecule has 1 heterocycles. The Morgan fingerprint density at radius 3 is 2.15 bits per heavy atom. The second kappa shape index (κ2) is 11.5. The fourth-order valence-electron chi connectivity index (χ4n) is 3.77. The van der Waals surface area contributed by atoms with Gasteiger partial charge in [-0.15, -0.1) is 0 Å². The van der Waals surface area contributed by atoms with Gasteiger partial charge in [0.1, 0.15) is 4.90 Å². The molecule has 0 spiro atoms. The Kier molecular flexibility index (Phi) is 7.87. The number of ether oxygens (including phenoxy) is 1. The smallest absolute Gasteiger partial charge is 0.339 e. The molecule has 5 rings (SSSR count). The summed E-state index contributed by atoms with van der Waals surface area (Å²) in [4.78, 5) is 20.3. The molecule has 0 atom stereocenters. The SMILES string of the molecule is COc1cc(/C=C2/SC(=Nc3ccccc3)N(c3ccccc3)C2=O)cc(Br)c1OS(=O)(=O)c1ccccc1. The first kappa shape index (κ1) is 26.7. The fourth-order valence-corrected chi connectivity index (χ4v) is 6.39. The Bertz CT molecular complexity index is 1680. The first-order chi connectivity index (χ1) is 18.9. The molecule has 1 aliphatic rings. The summed E-state index contributed by atoms with van der Waals surface area (Å²) in [5.74, 6) is -0.0432. The molecule has 1 amide bonds. The van der Waals surface area contributed by atoms with Crippen molar-refractivity contribution < 1.29 is 22.1 Å². The van der Waals surface area contributed by atoms with E-state index >= 15 is 0 Å². The van der Waals surface area contributed by atoms with Crippen molar-refractivity contribution in [2.75, 3.05) is 12.0 Å². The highest BCUT2D eigenvalue weighted by molar-refractivity contribution is 9.10. The van der Waals surface area contributed by atoms with E-state index in [2.05, 4.69) is 15.9 Å². The van der Waals surface area contributed by atoms with Gasteiger partial charge in [0.25, 0.3) is 5.91 Å². The third-order valence-electron chi connectivity index (χ3n) is 5.58. The third kappa shape index (κ3) is 5.93. The number of hydrogen-bond acceptors (Lipinski definition) is 7. The first-order valence-electron chi connectivity index (χ1n) is 11.7. The molecular weight excluding hydrogens is 600 g/mol. The fraction of sp³-hybridized carbons (Fsp3) is 0.0345. The number of halogens is 1. The number of carbonyl (C=O) groups is 1. The van der Waals surface area contributed by atoms with Crippen molar-refractivity contribution in [2.45, 2.75) is 4.90 Å². The second-order valence-corrected chi connectivity index (χ2v) is 11.6. The number of anilines is 1. The van der Waals surface area contributed by atoms with E-state index < -0.39 is 10.1 Å². The lowest BCUT2D eigenvalue weighted by molar-refractivity contribution is -0.113. The highest BCUT2D eigenvalue weighted by Gasteiger charge is 2.35. The van der Waals surface area contributed by atoms with Gasteiger partial charge in [-0.25, -0.2) is 4.99 Å². The molecule has 4 aromatic carbocycles. The molecule has 0 aliphatic carbocycles. The van der Waals surface area contributed by atoms with Crippen LogP contribution < -0.4 is 13.8 Å². The average Bonchev–Trinajstić information content (AvgIpc) is 3.25. The van der Waals surface area contributed by atoms with E-state index in [4.69, 9.17) is 13.9 Å². The second-order valence-electron chi connectivity index (χ2n) is 8.20. The van der Waals surface area contributed by atoms with Crippen molar-refractivity contribution in [2.24, 2.45) is 4.99 Å². The van der Waals surface area contributed by atoms with Crippen LogP contribution in [0.5, 0.6) is 11.5 Å². The Morgan fingerprint density at radius 2 is 1.51 bits per heavy atom. The van der Waals surface area contributed by atoms with Gasteiger partial charge in [0.2, 0.25) is 0 Å². The molecule has 4 aromatic rings. The van der Waals surface area contributed by atoms with E-state index in [1.807, 2.05) is 60.7 Å². The monoisotopic (exact) mass is 620 g/mol. The zero-order valence-electron chi connectivity index (χ0n) is 20.5. The molecule has 1 fully saturated rings. The predicted octanol–water partition coefficient (Wildman–Crippen LogP) is 7.03. The van der Waals surface area contributed by atoms with Crippen LogP contribution in [0.4, 0.5) is 11.4 Å². The summed E-state index contributed by atoms with van der Waals surface area (Å²) in [5.41, 5.74) is 2.02. The standard InChI is InChI=1S/C29H21BrN2O5S2/c1-36-25-18-20(17-24(30)27(25)37-39(34,35)23-15-9-4-10-16-23)19-26-28(33)32(22-13-7-3-8-14-22)29(38-26)31-21-11-5-2-6-12-21/h2-19H,1H3/b26-19+,31-29?. The summed E-state index contributed by atoms with van der Waals surface area (Å²) < 4.78 is 36.8. The molecule has 0 N–H and O–H groups in total. The minimum absolute atomic E-state index is 0.00569. The average molecular weight is 622 g/mol. The van der Waals surface area contributed by atoms with Crippen LogP contribution in [-0.2, 0) is 14.9 Å². The normalized spacial score (nSPS) is 15.6. The maximum atomic E-state index is 13.6. The van der Waals surface area contributed by atoms with Gasteiger partial charge in [0, 0.05) is 0 Å². The molecule has 10 heteroatoms. The van der Waals surface area contributed by atoms with E-state index in [0.717, 1.165) is 5.69 Å². The molecule has 196 valence electrons. The molecular formula is C29H21BrN2O5S2. The highest BCUT2D eigenvalue weighted by atomic mass is 79.9. The maximum Gasteiger partial charge on any atom is 0.339 e. The van der Waals surface area contributed by atoms with Gasteiger partial charge in [-0.2, -0.15) is 8.42 Å². The summed E-state index contributed by atoms with van der Waals surface area (Å²) in [6, 6.07) is 29.8. The van der Waals surface area contributed by atoms with Gasteiger partial charge in [-0.1, -0.05) is 54.6 Å². The Hall–Kier alpha value is -3.86. The minimum atomic E-state index is -4.09. The predicted molar refractivity (Wildman–Crippen MR) is 158 cm³/mol. The molecule has 0 aromatic heterocycles. The number of nitrogens with zero attached hydrogens (tertiary/aromatic N) is 2. The van der Waals surface area contributed by atoms with Crippen molar-refractivity contribution in [3.63, 3.8) is 0 Å². The van der Waals surface area contributed by atoms with Gasteiger partial charge in [-0.05, 0) is 87.9 Å². The van der Waals surface area contributed by atoms with Crippen LogP contribution >= 0.6 is 27.7 Å². The molecule has 7 nitrogen and oxygen atoms in total. The van der Waals surface area contributed by atoms with Crippen molar-refractivity contribution in [3.8, 4) is 11.5 Å². The summed E-state index contributed by atoms with van der Waals surface area (Å²) in [7, 11) is -2.68. The van der Waals surface area contributed by atoms with Crippen molar-refractivity contribution in [1.29, 1.82) is 0 Å². The zero-order valence-corrected chi connectivity index (χ0v) is 23.7. The van der Waals surface area contributed by atoms with E-state index in [0.29, 0.717) is 25.8 Å². The first-order valence-corrected chi connectivity index (χ1v) is 14.7. The number of para-hydroxylation sites is 2. The molecule has 0 unspecified atom stereocenters. The van der Waals surface area contributed by atoms with Crippen LogP contribution in [0.3, 0.4) is 0 Å². The Balaban J connectivity index is 1.51. The van der Waals surface area contributed by atoms with Crippen LogP contribution in [-0.4, -0.2) is 26.6 Å². The topological polar surface area (TPSA) is 85.3 Å². The molecule has 0 saturated carbocycles. The zero-order chi connectivity index (χ0) is 27.4. The number of amides is 1. The largest absolute Gasteiger partial charge is 0.493 e. The number of hydrogen-bond donors (Lipinski definition) is 0. The number of thioether (sulfide) groups is 1. The summed E-state index contributed by atoms with van der Waals surface area (Å²) in [5, 5.41) is 0.517. The summed E-state index contributed by atoms with van der Waals surface area (Å²) in [6.45, 7) is 0. The Labute approximate surface area is 239 Å². The van der Waals surface area contributed by atoms with Crippen LogP contribution in [0, 0.1) is 0 Å². The quantitative estimate of drug-likeness (QED) is 0.163. The lowest BCUT2D eigenvalue weighted by Gasteiger charge is -2.15. The van der Waals surface area contributed by atoms with Gasteiger partial charge in [0.15, 0.2) is 16.7 Å². The Morgan fingerprint density at radius 1 is 0.897 bits per heavy atom. The van der Waals surface area contributed by atoms with Crippen molar-refractivity contribution in [1.82, 2.24) is 0 Å². The van der Waals surface area contributed by atoms with Gasteiger partial charge >= 0.3 is 10.1 Å². The van der Waals surface area contributed by atoms with E-state index in [9.17, 15) is 13.2 Å². The van der Waals surface area contributed by atoms with Gasteiger partial charge in [-0.3, -0.25) is 9.69 Å². The van der Waals surface area contributed by atoms with Crippen LogP contribution in [0.1, 0.15) is 5.56 Å². The third-order valence-corrected chi connectivity index (χ3v) is 8.37. The number of carbonyl (C=O) groups excluding carboxylic acids is 1. The number of amidine groups is 1. The van der Waals surface area contributed by atoms with Crippen LogP contribution in [0.2, 0.25) is 0 Å².